The number of nitrogens with one attached hydrogen (secondary N) is 3. The van der Waals surface area contributed by atoms with Gasteiger partial charge in [0, 0.05) is 27.2 Å². The molecule has 0 radical (unpaired) electrons. The van der Waals surface area contributed by atoms with Crippen molar-refractivity contribution in [2.24, 2.45) is 0 Å². The van der Waals surface area contributed by atoms with E-state index in [1.54, 1.807) is 0 Å². The maximum Gasteiger partial charge on any atom is 0.364 e. The van der Waals surface area contributed by atoms with Crippen molar-refractivity contribution >= 4 is 23.7 Å². The first-order valence-electron chi connectivity index (χ1n) is 32.5. The maximum absolute atomic E-state index is 13.3. The number of aliphatic hydroxyl groups excluding tert-OH is 24. The minimum absolute atomic E-state index is 0.824. The van der Waals surface area contributed by atoms with Crippen LogP contribution in [0.2, 0.25) is 0 Å². The topological polar surface area (TPSA) is 739 Å². The molecule has 7 aliphatic heterocycles. The fourth-order valence-corrected chi connectivity index (χ4v) is 12.7. The van der Waals surface area contributed by atoms with E-state index in [0.29, 0.717) is 0 Å². The van der Waals surface area contributed by atoms with Gasteiger partial charge in [-0.15, -0.1) is 0 Å². The third-order valence-electron chi connectivity index (χ3n) is 18.4. The lowest BCUT2D eigenvalue weighted by atomic mass is 9.88. The number of carboxylic acids is 1. The number of rotatable bonds is 31. The summed E-state index contributed by atoms with van der Waals surface area (Å²) in [6.07, 6.45) is -77.0. The molecule has 0 aliphatic carbocycles. The van der Waals surface area contributed by atoms with Gasteiger partial charge in [0.2, 0.25) is 17.7 Å². The van der Waals surface area contributed by atoms with E-state index in [-0.39, 0.29) is 0 Å². The zero-order valence-electron chi connectivity index (χ0n) is 55.4. The summed E-state index contributed by atoms with van der Waals surface area (Å²) in [5.41, 5.74) is 0. The van der Waals surface area contributed by atoms with Crippen molar-refractivity contribution in [2.75, 3.05) is 52.9 Å². The van der Waals surface area contributed by atoms with Crippen LogP contribution in [-0.2, 0) is 85.5 Å². The van der Waals surface area contributed by atoms with Gasteiger partial charge in [0.1, 0.15) is 183 Å². The molecule has 0 aromatic carbocycles. The summed E-state index contributed by atoms with van der Waals surface area (Å²) >= 11 is 0. The van der Waals surface area contributed by atoms with Crippen LogP contribution in [0.5, 0.6) is 0 Å². The number of carbonyl (C=O) groups is 4. The fourth-order valence-electron chi connectivity index (χ4n) is 12.7. The number of carbonyl (C=O) groups excluding carboxylic acids is 3. The number of carboxylic acid groups (broad SMARTS) is 1. The maximum atomic E-state index is 13.3. The summed E-state index contributed by atoms with van der Waals surface area (Å²) in [6, 6.07) is -5.59. The van der Waals surface area contributed by atoms with Crippen LogP contribution in [0.4, 0.5) is 0 Å². The first kappa shape index (κ1) is 86.6. The van der Waals surface area contributed by atoms with Crippen molar-refractivity contribution in [3.63, 3.8) is 0 Å². The Morgan fingerprint density at radius 3 is 1.43 bits per heavy atom. The third-order valence-corrected chi connectivity index (χ3v) is 18.4. The van der Waals surface area contributed by atoms with Gasteiger partial charge in [0.15, 0.2) is 37.7 Å². The van der Waals surface area contributed by atoms with Crippen molar-refractivity contribution in [1.29, 1.82) is 0 Å². The largest absolute Gasteiger partial charge is 0.477 e. The van der Waals surface area contributed by atoms with Gasteiger partial charge in [-0.1, -0.05) is 0 Å². The average Bonchev–Trinajstić information content (AvgIpc) is 0.782. The Balaban J connectivity index is 1.19. The summed E-state index contributed by atoms with van der Waals surface area (Å²) in [5, 5.41) is 278. The van der Waals surface area contributed by atoms with Crippen LogP contribution in [0.3, 0.4) is 0 Å². The molecule has 598 valence electrons. The number of hydrogen-bond donors (Lipinski definition) is 28. The molecule has 7 aliphatic rings. The Bertz CT molecular complexity index is 2670. The van der Waals surface area contributed by atoms with E-state index in [9.17, 15) is 147 Å². The number of aliphatic hydroxyl groups is 24. The van der Waals surface area contributed by atoms with Gasteiger partial charge in [-0.25, -0.2) is 4.79 Å². The summed E-state index contributed by atoms with van der Waals surface area (Å²) in [5.74, 6) is -7.86. The molecule has 46 heteroatoms. The molecule has 0 bridgehead atoms. The molecule has 0 aromatic heterocycles. The number of aliphatic carboxylic acids is 1. The van der Waals surface area contributed by atoms with Crippen molar-refractivity contribution < 1.29 is 213 Å². The SMILES string of the molecule is CC(=O)N[C@H]1[C@H](OC[C@H]2O[C@@H](O[C@@H]([C@H](O)[C@@H](O)CO)[C@H](O)CO)[C@H](O)[C@@H](O[C@@H]3O[C@H](CO)[C@@H](O[C@@H]4O[C@@H](C)[C@@H](O)[C@@H](O)[C@@H]4O)[C@H](O[C@@H]4O[C@H](CO)[C@H](O)[C@H](O)[C@H]4O)[C@H]3NC(C)=O)[C@H]2O)O[C@H](CO)[C@@H](O[C@@H]2O[C@H](CO[C@]3(C(=O)O)C[C@H](O)[C@@H](NC(C)=O)[C@H]([C@H](O)[C@H](O)CO)O3)[C@H](O)[C@H](O)[C@H]2O)[C@@H]1O. The Hall–Kier alpha value is -3.64. The molecule has 3 amide bonds. The lowest BCUT2D eigenvalue weighted by Crippen LogP contribution is -2.71. The highest BCUT2D eigenvalue weighted by Gasteiger charge is 2.61. The van der Waals surface area contributed by atoms with Crippen LogP contribution in [-0.4, -0.2) is 449 Å². The summed E-state index contributed by atoms with van der Waals surface area (Å²) < 4.78 is 82.2. The highest BCUT2D eigenvalue weighted by Crippen LogP contribution is 2.40. The van der Waals surface area contributed by atoms with E-state index in [1.807, 2.05) is 0 Å². The smallest absolute Gasteiger partial charge is 0.364 e. The molecule has 46 nitrogen and oxygen atoms in total. The lowest BCUT2D eigenvalue weighted by Gasteiger charge is -2.51. The zero-order valence-corrected chi connectivity index (χ0v) is 55.4. The van der Waals surface area contributed by atoms with Crippen molar-refractivity contribution in [2.45, 2.75) is 279 Å². The van der Waals surface area contributed by atoms with Gasteiger partial charge in [-0.3, -0.25) is 14.4 Å². The number of hydrogen-bond acceptors (Lipinski definition) is 42. The van der Waals surface area contributed by atoms with Crippen LogP contribution < -0.4 is 16.0 Å². The Morgan fingerprint density at radius 1 is 0.437 bits per heavy atom. The van der Waals surface area contributed by atoms with Crippen LogP contribution in [0.25, 0.3) is 0 Å². The second-order valence-corrected chi connectivity index (χ2v) is 25.8. The molecule has 0 aromatic rings. The Morgan fingerprint density at radius 2 is 0.883 bits per heavy atom. The third kappa shape index (κ3) is 19.7. The summed E-state index contributed by atoms with van der Waals surface area (Å²) in [4.78, 5) is 51.2. The molecule has 7 heterocycles. The van der Waals surface area contributed by atoms with Crippen LogP contribution in [0.15, 0.2) is 0 Å². The molecule has 0 saturated carbocycles. The predicted molar refractivity (Wildman–Crippen MR) is 317 cm³/mol. The van der Waals surface area contributed by atoms with E-state index in [1.165, 1.54) is 6.92 Å². The molecule has 0 spiro atoms. The molecule has 7 rings (SSSR count). The standard InChI is InChI=1S/C57H97N3O43/c1-14-30(74)37(81)40(84)52(92-14)100-46-24(11-66)95-51(29(60-17(4)69)48(46)101-53-41(85)38(82)33(77)22(9-64)93-53)102-49-35(79)25(96-55(43(49)87)98-44(21(73)8-63)31(75)19(71)6-61)12-90-50-28(59-16(3)68)36(80)45(23(10-65)94-50)99-54-42(86)39(83)34(78)26(97-54)13-91-57(56(88)89)5-18(70)27(58-15(2)67)47(103-57)32(76)20(72)7-62/h14,18-55,61-66,70-87H,5-13H2,1-4H3,(H,58,67)(H,59,68)(H,60,69)(H,88,89)/t14-,18-,19-,20+,21+,22+,23+,24+,25+,26+,27+,28+,29+,30+,31+,32+,33-,34-,35-,36+,37+,38-,39-,40-,41+,42+,43+,44+,45+,46+,47+,48+,49-,50+,51-,52-,53-,54-,55-,57+/m0/s1. The van der Waals surface area contributed by atoms with E-state index in [4.69, 9.17) is 66.3 Å². The van der Waals surface area contributed by atoms with Gasteiger partial charge in [-0.05, 0) is 6.92 Å². The molecule has 7 saturated heterocycles. The molecule has 40 atom stereocenters. The summed E-state index contributed by atoms with van der Waals surface area (Å²) in [7, 11) is 0. The predicted octanol–water partition coefficient (Wildman–Crippen LogP) is -18.2. The number of ether oxygens (including phenoxy) is 14. The van der Waals surface area contributed by atoms with Gasteiger partial charge >= 0.3 is 5.97 Å². The van der Waals surface area contributed by atoms with Gasteiger partial charge in [0.05, 0.1) is 71.1 Å². The zero-order chi connectivity index (χ0) is 76.7. The highest BCUT2D eigenvalue weighted by molar-refractivity contribution is 5.77. The van der Waals surface area contributed by atoms with E-state index in [2.05, 4.69) is 16.0 Å². The first-order chi connectivity index (χ1) is 48.4. The van der Waals surface area contributed by atoms with E-state index >= 15 is 0 Å². The van der Waals surface area contributed by atoms with Crippen molar-refractivity contribution in [3.05, 3.63) is 0 Å². The molecule has 0 unspecified atom stereocenters. The minimum Gasteiger partial charge on any atom is -0.477 e. The Labute approximate surface area is 583 Å². The monoisotopic (exact) mass is 1510 g/mol. The van der Waals surface area contributed by atoms with Gasteiger partial charge < -0.3 is 210 Å². The highest BCUT2D eigenvalue weighted by atomic mass is 16.8. The number of amides is 3. The average molecular weight is 1510 g/mol. The molecule has 28 N–H and O–H groups in total. The Kier molecular flexibility index (Phi) is 31.7. The van der Waals surface area contributed by atoms with Crippen molar-refractivity contribution in [1.82, 2.24) is 16.0 Å². The van der Waals surface area contributed by atoms with Crippen molar-refractivity contribution in [3.8, 4) is 0 Å². The molecular formula is C57H97N3O43. The molecule has 7 fully saturated rings. The first-order valence-corrected chi connectivity index (χ1v) is 32.5. The van der Waals surface area contributed by atoms with E-state index in [0.717, 1.165) is 20.8 Å². The second-order valence-electron chi connectivity index (χ2n) is 25.8. The second kappa shape index (κ2) is 37.7. The molecular weight excluding hydrogens is 1410 g/mol. The van der Waals surface area contributed by atoms with Crippen LogP contribution in [0, 0.1) is 0 Å². The lowest BCUT2D eigenvalue weighted by molar-refractivity contribution is -0.390. The quantitative estimate of drug-likeness (QED) is 0.0306. The summed E-state index contributed by atoms with van der Waals surface area (Å²) in [6.45, 7) is -5.29. The van der Waals surface area contributed by atoms with Gasteiger partial charge in [-0.2, -0.15) is 0 Å². The minimum atomic E-state index is -3.05. The van der Waals surface area contributed by atoms with Crippen LogP contribution >= 0.6 is 0 Å². The fraction of sp³-hybridized carbons (Fsp3) is 0.930. The van der Waals surface area contributed by atoms with Crippen LogP contribution in [0.1, 0.15) is 34.1 Å². The molecule has 103 heavy (non-hydrogen) atoms. The van der Waals surface area contributed by atoms with Gasteiger partial charge in [0.25, 0.3) is 5.79 Å². The van der Waals surface area contributed by atoms with E-state index < -0.39 is 328 Å². The normalized spacial score (nSPS) is 45.1.